The number of thiophene rings is 1. The average molecular weight is 273 g/mol. The highest BCUT2D eigenvalue weighted by Crippen LogP contribution is 2.34. The van der Waals surface area contributed by atoms with E-state index in [-0.39, 0.29) is 0 Å². The second-order valence-electron chi connectivity index (χ2n) is 3.54. The van der Waals surface area contributed by atoms with Crippen LogP contribution in [-0.2, 0) is 0 Å². The van der Waals surface area contributed by atoms with Gasteiger partial charge in [-0.15, -0.1) is 11.3 Å². The molecule has 0 aliphatic heterocycles. The van der Waals surface area contributed by atoms with Crippen molar-refractivity contribution in [3.8, 4) is 0 Å². The highest BCUT2D eigenvalue weighted by atomic mass is 35.5. The first-order chi connectivity index (χ1) is 7.59. The molecule has 0 bridgehead atoms. The van der Waals surface area contributed by atoms with E-state index >= 15 is 0 Å². The Bertz CT molecular complexity index is 507. The largest absolute Gasteiger partial charge is 0.383 e. The van der Waals surface area contributed by atoms with Crippen molar-refractivity contribution in [2.75, 3.05) is 0 Å². The molecule has 84 valence electrons. The molecule has 1 aromatic heterocycles. The Labute approximate surface area is 108 Å². The van der Waals surface area contributed by atoms with Crippen LogP contribution in [0.4, 0.5) is 0 Å². The number of rotatable bonds is 2. The maximum absolute atomic E-state index is 10.2. The van der Waals surface area contributed by atoms with Crippen LogP contribution in [0, 0.1) is 6.92 Å². The van der Waals surface area contributed by atoms with Crippen LogP contribution in [0.3, 0.4) is 0 Å². The third-order valence-electron chi connectivity index (χ3n) is 2.43. The molecule has 2 aromatic rings. The minimum Gasteiger partial charge on any atom is -0.383 e. The van der Waals surface area contributed by atoms with Gasteiger partial charge in [-0.1, -0.05) is 29.3 Å². The van der Waals surface area contributed by atoms with Crippen LogP contribution in [0.5, 0.6) is 0 Å². The van der Waals surface area contributed by atoms with E-state index in [1.807, 2.05) is 24.4 Å². The van der Waals surface area contributed by atoms with Crippen molar-refractivity contribution in [3.63, 3.8) is 0 Å². The topological polar surface area (TPSA) is 20.2 Å². The number of aryl methyl sites for hydroxylation is 1. The zero-order valence-electron chi connectivity index (χ0n) is 8.58. The van der Waals surface area contributed by atoms with Gasteiger partial charge in [-0.05, 0) is 41.6 Å². The zero-order chi connectivity index (χ0) is 11.7. The van der Waals surface area contributed by atoms with Crippen LogP contribution in [0.1, 0.15) is 22.1 Å². The van der Waals surface area contributed by atoms with E-state index in [4.69, 9.17) is 23.2 Å². The Hall–Kier alpha value is -0.540. The predicted molar refractivity (Wildman–Crippen MR) is 69.6 cm³/mol. The molecule has 1 unspecified atom stereocenters. The standard InChI is InChI=1S/C12H10Cl2OS/c1-7-2-3-8(13)6-9(7)11(15)12-10(14)4-5-16-12/h2-6,11,15H,1H3. The van der Waals surface area contributed by atoms with Crippen LogP contribution in [-0.4, -0.2) is 5.11 Å². The lowest BCUT2D eigenvalue weighted by atomic mass is 10.0. The molecule has 0 saturated heterocycles. The summed E-state index contributed by atoms with van der Waals surface area (Å²) in [4.78, 5) is 0.757. The fraction of sp³-hybridized carbons (Fsp3) is 0.167. The maximum Gasteiger partial charge on any atom is 0.115 e. The predicted octanol–water partition coefficient (Wildman–Crippen LogP) is 4.45. The van der Waals surface area contributed by atoms with Crippen molar-refractivity contribution in [2.45, 2.75) is 13.0 Å². The van der Waals surface area contributed by atoms with Crippen molar-refractivity contribution in [1.82, 2.24) is 0 Å². The second-order valence-corrected chi connectivity index (χ2v) is 5.33. The lowest BCUT2D eigenvalue weighted by Crippen LogP contribution is -2.00. The van der Waals surface area contributed by atoms with E-state index in [1.54, 1.807) is 12.1 Å². The summed E-state index contributed by atoms with van der Waals surface area (Å²) in [6.45, 7) is 1.94. The van der Waals surface area contributed by atoms with Gasteiger partial charge in [0, 0.05) is 5.02 Å². The van der Waals surface area contributed by atoms with Crippen molar-refractivity contribution in [1.29, 1.82) is 0 Å². The van der Waals surface area contributed by atoms with E-state index in [1.165, 1.54) is 11.3 Å². The molecule has 4 heteroatoms. The normalized spacial score (nSPS) is 12.8. The zero-order valence-corrected chi connectivity index (χ0v) is 10.9. The van der Waals surface area contributed by atoms with Crippen LogP contribution in [0.2, 0.25) is 10.0 Å². The second kappa shape index (κ2) is 4.76. The molecular formula is C12H10Cl2OS. The molecule has 1 atom stereocenters. The summed E-state index contributed by atoms with van der Waals surface area (Å²) < 4.78 is 0. The summed E-state index contributed by atoms with van der Waals surface area (Å²) >= 11 is 13.4. The Balaban J connectivity index is 2.45. The van der Waals surface area contributed by atoms with E-state index in [0.29, 0.717) is 10.0 Å². The average Bonchev–Trinajstić information content (AvgIpc) is 2.67. The van der Waals surface area contributed by atoms with Crippen molar-refractivity contribution >= 4 is 34.5 Å². The molecule has 1 heterocycles. The van der Waals surface area contributed by atoms with Gasteiger partial charge in [0.25, 0.3) is 0 Å². The first-order valence-electron chi connectivity index (χ1n) is 4.76. The van der Waals surface area contributed by atoms with Crippen LogP contribution in [0.15, 0.2) is 29.6 Å². The number of aliphatic hydroxyl groups is 1. The SMILES string of the molecule is Cc1ccc(Cl)cc1C(O)c1sccc1Cl. The van der Waals surface area contributed by atoms with E-state index in [2.05, 4.69) is 0 Å². The maximum atomic E-state index is 10.2. The fourth-order valence-electron chi connectivity index (χ4n) is 1.55. The molecule has 16 heavy (non-hydrogen) atoms. The Morgan fingerprint density at radius 3 is 2.62 bits per heavy atom. The molecule has 1 N–H and O–H groups in total. The molecule has 0 saturated carbocycles. The highest BCUT2D eigenvalue weighted by molar-refractivity contribution is 7.10. The molecule has 2 rings (SSSR count). The van der Waals surface area contributed by atoms with Crippen molar-refractivity contribution in [3.05, 3.63) is 55.7 Å². The lowest BCUT2D eigenvalue weighted by molar-refractivity contribution is 0.223. The van der Waals surface area contributed by atoms with Gasteiger partial charge in [0.1, 0.15) is 6.10 Å². The number of halogens is 2. The monoisotopic (exact) mass is 272 g/mol. The Morgan fingerprint density at radius 1 is 1.25 bits per heavy atom. The van der Waals surface area contributed by atoms with Gasteiger partial charge in [-0.25, -0.2) is 0 Å². The summed E-state index contributed by atoms with van der Waals surface area (Å²) in [7, 11) is 0. The smallest absolute Gasteiger partial charge is 0.115 e. The van der Waals surface area contributed by atoms with E-state index in [0.717, 1.165) is 16.0 Å². The van der Waals surface area contributed by atoms with Gasteiger partial charge in [-0.2, -0.15) is 0 Å². The van der Waals surface area contributed by atoms with Crippen LogP contribution >= 0.6 is 34.5 Å². The van der Waals surface area contributed by atoms with Gasteiger partial charge in [0.05, 0.1) is 9.90 Å². The summed E-state index contributed by atoms with van der Waals surface area (Å²) in [5.41, 5.74) is 1.80. The van der Waals surface area contributed by atoms with Crippen LogP contribution in [0.25, 0.3) is 0 Å². The van der Waals surface area contributed by atoms with Gasteiger partial charge in [-0.3, -0.25) is 0 Å². The third kappa shape index (κ3) is 2.25. The molecule has 0 fully saturated rings. The van der Waals surface area contributed by atoms with Crippen molar-refractivity contribution in [2.24, 2.45) is 0 Å². The Morgan fingerprint density at radius 2 is 2.00 bits per heavy atom. The molecular weight excluding hydrogens is 263 g/mol. The molecule has 0 spiro atoms. The number of aliphatic hydroxyl groups excluding tert-OH is 1. The quantitative estimate of drug-likeness (QED) is 0.857. The number of benzene rings is 1. The first-order valence-corrected chi connectivity index (χ1v) is 6.40. The minimum atomic E-state index is -0.703. The molecule has 1 nitrogen and oxygen atoms in total. The summed E-state index contributed by atoms with van der Waals surface area (Å²) in [5, 5.41) is 13.3. The summed E-state index contributed by atoms with van der Waals surface area (Å²) in [6.07, 6.45) is -0.703. The van der Waals surface area contributed by atoms with Gasteiger partial charge >= 0.3 is 0 Å². The Kier molecular flexibility index (Phi) is 3.55. The minimum absolute atomic E-state index is 0.594. The number of hydrogen-bond donors (Lipinski definition) is 1. The van der Waals surface area contributed by atoms with E-state index < -0.39 is 6.10 Å². The lowest BCUT2D eigenvalue weighted by Gasteiger charge is -2.13. The molecule has 0 aliphatic rings. The molecule has 1 aromatic carbocycles. The number of hydrogen-bond acceptors (Lipinski definition) is 2. The molecule has 0 radical (unpaired) electrons. The molecule has 0 amide bonds. The fourth-order valence-corrected chi connectivity index (χ4v) is 2.89. The summed E-state index contributed by atoms with van der Waals surface area (Å²) in [5.74, 6) is 0. The third-order valence-corrected chi connectivity index (χ3v) is 4.07. The highest BCUT2D eigenvalue weighted by Gasteiger charge is 2.17. The summed E-state index contributed by atoms with van der Waals surface area (Å²) in [6, 6.07) is 7.26. The van der Waals surface area contributed by atoms with Crippen LogP contribution < -0.4 is 0 Å². The van der Waals surface area contributed by atoms with Gasteiger partial charge < -0.3 is 5.11 Å². The first kappa shape index (κ1) is 11.9. The van der Waals surface area contributed by atoms with Gasteiger partial charge in [0.2, 0.25) is 0 Å². The van der Waals surface area contributed by atoms with Crippen molar-refractivity contribution < 1.29 is 5.11 Å². The van der Waals surface area contributed by atoms with E-state index in [9.17, 15) is 5.11 Å². The molecule has 0 aliphatic carbocycles. The van der Waals surface area contributed by atoms with Gasteiger partial charge in [0.15, 0.2) is 0 Å².